The third-order valence-electron chi connectivity index (χ3n) is 1.65. The fourth-order valence-electron chi connectivity index (χ4n) is 0.984. The Morgan fingerprint density at radius 2 is 1.91 bits per heavy atom. The smallest absolute Gasteiger partial charge is 0.0302 e. The van der Waals surface area contributed by atoms with E-state index < -0.39 is 0 Å². The molecule has 0 heterocycles. The summed E-state index contributed by atoms with van der Waals surface area (Å²) in [4.78, 5) is 0. The van der Waals surface area contributed by atoms with E-state index in [9.17, 15) is 0 Å². The second-order valence-electron chi connectivity index (χ2n) is 2.49. The van der Waals surface area contributed by atoms with Crippen LogP contribution in [0.4, 0.5) is 0 Å². The van der Waals surface area contributed by atoms with Crippen molar-refractivity contribution >= 4 is 15.9 Å². The van der Waals surface area contributed by atoms with Gasteiger partial charge in [0, 0.05) is 11.4 Å². The van der Waals surface area contributed by atoms with Crippen molar-refractivity contribution in [1.29, 1.82) is 0 Å². The Kier molecular flexibility index (Phi) is 3.60. The van der Waals surface area contributed by atoms with Crippen LogP contribution in [0.1, 0.15) is 18.0 Å². The summed E-state index contributed by atoms with van der Waals surface area (Å²) in [7, 11) is 0. The molecule has 1 nitrogen and oxygen atoms in total. The van der Waals surface area contributed by atoms with Crippen LogP contribution in [0, 0.1) is 0 Å². The second-order valence-corrected chi connectivity index (χ2v) is 3.29. The van der Waals surface area contributed by atoms with Gasteiger partial charge in [-0.2, -0.15) is 0 Å². The fourth-order valence-corrected chi connectivity index (χ4v) is 1.48. The maximum atomic E-state index is 5.88. The maximum Gasteiger partial charge on any atom is 0.0302 e. The molecule has 0 aliphatic carbocycles. The highest BCUT2D eigenvalue weighted by atomic mass is 79.9. The quantitative estimate of drug-likeness (QED) is 0.768. The molecule has 1 aromatic carbocycles. The fraction of sp³-hybridized carbons (Fsp3) is 0.333. The monoisotopic (exact) mass is 213 g/mol. The molecule has 0 amide bonds. The Balaban J connectivity index is 2.61. The van der Waals surface area contributed by atoms with Crippen molar-refractivity contribution in [1.82, 2.24) is 0 Å². The first-order valence-electron chi connectivity index (χ1n) is 3.71. The minimum Gasteiger partial charge on any atom is -0.324 e. The molecule has 1 unspecified atom stereocenters. The highest BCUT2D eigenvalue weighted by Crippen LogP contribution is 2.13. The Morgan fingerprint density at radius 1 is 1.27 bits per heavy atom. The van der Waals surface area contributed by atoms with E-state index in [2.05, 4.69) is 28.1 Å². The van der Waals surface area contributed by atoms with Crippen molar-refractivity contribution in [2.45, 2.75) is 12.5 Å². The van der Waals surface area contributed by atoms with Crippen LogP contribution in [0.15, 0.2) is 30.3 Å². The van der Waals surface area contributed by atoms with Crippen molar-refractivity contribution in [3.63, 3.8) is 0 Å². The molecule has 0 spiro atoms. The lowest BCUT2D eigenvalue weighted by Crippen LogP contribution is -2.10. The summed E-state index contributed by atoms with van der Waals surface area (Å²) >= 11 is 3.37. The van der Waals surface area contributed by atoms with Gasteiger partial charge in [0.05, 0.1) is 0 Å². The van der Waals surface area contributed by atoms with E-state index >= 15 is 0 Å². The Bertz CT molecular complexity index is 198. The molecule has 1 aromatic rings. The molecule has 1 atom stereocenters. The van der Waals surface area contributed by atoms with Gasteiger partial charge in [-0.3, -0.25) is 0 Å². The molecular formula is C9H12BrN. The molecule has 2 heteroatoms. The minimum absolute atomic E-state index is 0.176. The number of rotatable bonds is 3. The number of hydrogen-bond donors (Lipinski definition) is 1. The van der Waals surface area contributed by atoms with Crippen molar-refractivity contribution in [2.75, 3.05) is 5.33 Å². The zero-order valence-corrected chi connectivity index (χ0v) is 7.92. The van der Waals surface area contributed by atoms with E-state index in [-0.39, 0.29) is 6.04 Å². The Hall–Kier alpha value is -0.340. The summed E-state index contributed by atoms with van der Waals surface area (Å²) in [5, 5.41) is 0.961. The van der Waals surface area contributed by atoms with Crippen LogP contribution in [-0.4, -0.2) is 5.33 Å². The van der Waals surface area contributed by atoms with Crippen LogP contribution in [0.25, 0.3) is 0 Å². The zero-order chi connectivity index (χ0) is 8.10. The van der Waals surface area contributed by atoms with Gasteiger partial charge in [-0.25, -0.2) is 0 Å². The molecule has 0 fully saturated rings. The number of alkyl halides is 1. The predicted molar refractivity (Wildman–Crippen MR) is 51.8 cm³/mol. The van der Waals surface area contributed by atoms with Crippen LogP contribution in [0.2, 0.25) is 0 Å². The van der Waals surface area contributed by atoms with E-state index in [0.29, 0.717) is 0 Å². The maximum absolute atomic E-state index is 5.88. The summed E-state index contributed by atoms with van der Waals surface area (Å²) in [6.45, 7) is 0. The van der Waals surface area contributed by atoms with Crippen molar-refractivity contribution in [3.8, 4) is 0 Å². The van der Waals surface area contributed by atoms with Crippen LogP contribution in [0.5, 0.6) is 0 Å². The average molecular weight is 214 g/mol. The predicted octanol–water partition coefficient (Wildman–Crippen LogP) is 2.47. The van der Waals surface area contributed by atoms with E-state index in [4.69, 9.17) is 5.73 Å². The largest absolute Gasteiger partial charge is 0.324 e. The first-order chi connectivity index (χ1) is 5.34. The summed E-state index contributed by atoms with van der Waals surface area (Å²) in [6, 6.07) is 10.3. The minimum atomic E-state index is 0.176. The van der Waals surface area contributed by atoms with Gasteiger partial charge in [0.2, 0.25) is 0 Å². The lowest BCUT2D eigenvalue weighted by atomic mass is 10.1. The van der Waals surface area contributed by atoms with Crippen LogP contribution in [0.3, 0.4) is 0 Å². The standard InChI is InChI=1S/C9H12BrN/c10-7-6-9(11)8-4-2-1-3-5-8/h1-5,9H,6-7,11H2. The lowest BCUT2D eigenvalue weighted by molar-refractivity contribution is 0.708. The molecular weight excluding hydrogens is 202 g/mol. The van der Waals surface area contributed by atoms with Crippen LogP contribution in [-0.2, 0) is 0 Å². The molecule has 0 aliphatic heterocycles. The van der Waals surface area contributed by atoms with Gasteiger partial charge >= 0.3 is 0 Å². The SMILES string of the molecule is NC(CCBr)c1ccccc1. The Labute approximate surface area is 75.7 Å². The average Bonchev–Trinajstić information content (AvgIpc) is 2.07. The second kappa shape index (κ2) is 4.52. The normalized spacial score (nSPS) is 12.9. The van der Waals surface area contributed by atoms with Gasteiger partial charge in [-0.15, -0.1) is 0 Å². The summed E-state index contributed by atoms with van der Waals surface area (Å²) in [5.41, 5.74) is 7.09. The van der Waals surface area contributed by atoms with E-state index in [1.807, 2.05) is 18.2 Å². The molecule has 0 radical (unpaired) electrons. The molecule has 60 valence electrons. The number of nitrogens with two attached hydrogens (primary N) is 1. The molecule has 0 saturated heterocycles. The first-order valence-corrected chi connectivity index (χ1v) is 4.83. The van der Waals surface area contributed by atoms with Gasteiger partial charge < -0.3 is 5.73 Å². The summed E-state index contributed by atoms with van der Waals surface area (Å²) in [5.74, 6) is 0. The number of hydrogen-bond acceptors (Lipinski definition) is 1. The molecule has 0 bridgehead atoms. The van der Waals surface area contributed by atoms with E-state index in [0.717, 1.165) is 11.8 Å². The zero-order valence-electron chi connectivity index (χ0n) is 6.33. The van der Waals surface area contributed by atoms with Gasteiger partial charge in [0.15, 0.2) is 0 Å². The highest BCUT2D eigenvalue weighted by Gasteiger charge is 2.02. The van der Waals surface area contributed by atoms with Gasteiger partial charge in [-0.05, 0) is 12.0 Å². The third kappa shape index (κ3) is 2.64. The first kappa shape index (κ1) is 8.75. The van der Waals surface area contributed by atoms with Crippen molar-refractivity contribution < 1.29 is 0 Å². The molecule has 0 aromatic heterocycles. The van der Waals surface area contributed by atoms with E-state index in [1.54, 1.807) is 0 Å². The topological polar surface area (TPSA) is 26.0 Å². The van der Waals surface area contributed by atoms with Crippen LogP contribution < -0.4 is 5.73 Å². The van der Waals surface area contributed by atoms with Crippen molar-refractivity contribution in [3.05, 3.63) is 35.9 Å². The summed E-state index contributed by atoms with van der Waals surface area (Å²) in [6.07, 6.45) is 0.990. The third-order valence-corrected chi connectivity index (χ3v) is 2.11. The molecule has 2 N–H and O–H groups in total. The molecule has 0 aliphatic rings. The molecule has 0 saturated carbocycles. The Morgan fingerprint density at radius 3 is 2.45 bits per heavy atom. The van der Waals surface area contributed by atoms with Gasteiger partial charge in [0.25, 0.3) is 0 Å². The summed E-state index contributed by atoms with van der Waals surface area (Å²) < 4.78 is 0. The molecule has 11 heavy (non-hydrogen) atoms. The lowest BCUT2D eigenvalue weighted by Gasteiger charge is -2.08. The van der Waals surface area contributed by atoms with Gasteiger partial charge in [-0.1, -0.05) is 46.3 Å². The number of halogens is 1. The van der Waals surface area contributed by atoms with Crippen molar-refractivity contribution in [2.24, 2.45) is 5.73 Å². The van der Waals surface area contributed by atoms with Gasteiger partial charge in [0.1, 0.15) is 0 Å². The highest BCUT2D eigenvalue weighted by molar-refractivity contribution is 9.09. The number of benzene rings is 1. The van der Waals surface area contributed by atoms with E-state index in [1.165, 1.54) is 5.56 Å². The molecule has 1 rings (SSSR count). The van der Waals surface area contributed by atoms with Crippen LogP contribution >= 0.6 is 15.9 Å².